The van der Waals surface area contributed by atoms with Crippen molar-refractivity contribution in [3.05, 3.63) is 0 Å². The van der Waals surface area contributed by atoms with Crippen molar-refractivity contribution in [2.24, 2.45) is 0 Å². The number of nitrogens with one attached hydrogen (secondary N) is 1. The number of hydrogen-bond donors (Lipinski definition) is 1. The van der Waals surface area contributed by atoms with Gasteiger partial charge in [-0.2, -0.15) is 12.7 Å². The van der Waals surface area contributed by atoms with Crippen molar-refractivity contribution >= 4 is 10.2 Å². The zero-order chi connectivity index (χ0) is 11.7. The van der Waals surface area contributed by atoms with Crippen LogP contribution in [-0.2, 0) is 14.9 Å². The van der Waals surface area contributed by atoms with Crippen LogP contribution in [0.4, 0.5) is 0 Å². The highest BCUT2D eigenvalue weighted by Crippen LogP contribution is 1.91. The van der Waals surface area contributed by atoms with Gasteiger partial charge in [-0.05, 0) is 12.8 Å². The first-order valence-corrected chi connectivity index (χ1v) is 6.69. The minimum Gasteiger partial charge on any atom is -0.381 e. The van der Waals surface area contributed by atoms with Crippen molar-refractivity contribution in [2.75, 3.05) is 33.9 Å². The smallest absolute Gasteiger partial charge is 0.278 e. The van der Waals surface area contributed by atoms with E-state index < -0.39 is 10.2 Å². The van der Waals surface area contributed by atoms with E-state index in [0.717, 1.165) is 23.8 Å². The largest absolute Gasteiger partial charge is 0.381 e. The molecule has 0 rings (SSSR count). The molecule has 0 spiro atoms. The monoisotopic (exact) mass is 238 g/mol. The number of ether oxygens (including phenoxy) is 1. The van der Waals surface area contributed by atoms with Gasteiger partial charge in [-0.3, -0.25) is 0 Å². The van der Waals surface area contributed by atoms with Crippen LogP contribution >= 0.6 is 0 Å². The number of hydrogen-bond acceptors (Lipinski definition) is 3. The summed E-state index contributed by atoms with van der Waals surface area (Å²) in [4.78, 5) is 0. The summed E-state index contributed by atoms with van der Waals surface area (Å²) in [5.41, 5.74) is 0. The van der Waals surface area contributed by atoms with E-state index >= 15 is 0 Å². The van der Waals surface area contributed by atoms with Crippen LogP contribution in [0.2, 0.25) is 0 Å². The second-order valence-corrected chi connectivity index (χ2v) is 5.47. The van der Waals surface area contributed by atoms with E-state index in [4.69, 9.17) is 4.74 Å². The fourth-order valence-electron chi connectivity index (χ4n) is 0.853. The molecule has 15 heavy (non-hydrogen) atoms. The van der Waals surface area contributed by atoms with Gasteiger partial charge in [-0.15, -0.1) is 0 Å². The molecular weight excluding hydrogens is 216 g/mol. The minimum absolute atomic E-state index is 0.423. The Morgan fingerprint density at radius 3 is 2.33 bits per heavy atom. The van der Waals surface area contributed by atoms with E-state index in [-0.39, 0.29) is 0 Å². The number of rotatable bonds is 9. The lowest BCUT2D eigenvalue weighted by molar-refractivity contribution is 0.129. The molecule has 5 nitrogen and oxygen atoms in total. The van der Waals surface area contributed by atoms with Gasteiger partial charge in [0, 0.05) is 33.9 Å². The molecule has 0 heterocycles. The predicted molar refractivity (Wildman–Crippen MR) is 61.0 cm³/mol. The van der Waals surface area contributed by atoms with Crippen LogP contribution < -0.4 is 4.72 Å². The summed E-state index contributed by atoms with van der Waals surface area (Å²) in [6, 6.07) is 0. The molecule has 6 heteroatoms. The molecular formula is C9H22N2O3S. The molecule has 0 fully saturated rings. The quantitative estimate of drug-likeness (QED) is 0.598. The summed E-state index contributed by atoms with van der Waals surface area (Å²) in [6.45, 7) is 3.90. The average molecular weight is 238 g/mol. The molecule has 0 atom stereocenters. The standard InChI is InChI=1S/C9H22N2O3S/c1-4-5-8-14-9-6-7-10-15(12,13)11(2)3/h10H,4-9H2,1-3H3. The SMILES string of the molecule is CCCCOCCCNS(=O)(=O)N(C)C. The lowest BCUT2D eigenvalue weighted by Crippen LogP contribution is -2.36. The van der Waals surface area contributed by atoms with Gasteiger partial charge in [0.1, 0.15) is 0 Å². The topological polar surface area (TPSA) is 58.6 Å². The van der Waals surface area contributed by atoms with Crippen molar-refractivity contribution in [3.8, 4) is 0 Å². The highest BCUT2D eigenvalue weighted by Gasteiger charge is 2.10. The lowest BCUT2D eigenvalue weighted by atomic mass is 10.4. The zero-order valence-corrected chi connectivity index (χ0v) is 10.6. The van der Waals surface area contributed by atoms with Crippen LogP contribution in [0.3, 0.4) is 0 Å². The van der Waals surface area contributed by atoms with E-state index in [1.807, 2.05) is 0 Å². The first-order valence-electron chi connectivity index (χ1n) is 5.25. The van der Waals surface area contributed by atoms with Gasteiger partial charge in [0.15, 0.2) is 0 Å². The van der Waals surface area contributed by atoms with Gasteiger partial charge in [0.2, 0.25) is 0 Å². The summed E-state index contributed by atoms with van der Waals surface area (Å²) in [5, 5.41) is 0. The zero-order valence-electron chi connectivity index (χ0n) is 9.82. The normalized spacial score (nSPS) is 12.3. The highest BCUT2D eigenvalue weighted by atomic mass is 32.2. The highest BCUT2D eigenvalue weighted by molar-refractivity contribution is 7.87. The Morgan fingerprint density at radius 2 is 1.80 bits per heavy atom. The Labute approximate surface area is 93.0 Å². The molecule has 0 bridgehead atoms. The van der Waals surface area contributed by atoms with Crippen molar-refractivity contribution in [1.82, 2.24) is 9.03 Å². The third-order valence-corrected chi connectivity index (χ3v) is 3.40. The third kappa shape index (κ3) is 7.72. The molecule has 0 aliphatic heterocycles. The van der Waals surface area contributed by atoms with Gasteiger partial charge < -0.3 is 4.74 Å². The Hall–Kier alpha value is -0.170. The fraction of sp³-hybridized carbons (Fsp3) is 1.00. The molecule has 1 N–H and O–H groups in total. The molecule has 0 aliphatic carbocycles. The number of unbranched alkanes of at least 4 members (excludes halogenated alkanes) is 1. The van der Waals surface area contributed by atoms with Crippen LogP contribution in [0.25, 0.3) is 0 Å². The van der Waals surface area contributed by atoms with Gasteiger partial charge >= 0.3 is 0 Å². The molecule has 0 saturated heterocycles. The second kappa shape index (κ2) is 8.04. The van der Waals surface area contributed by atoms with Gasteiger partial charge in [-0.1, -0.05) is 13.3 Å². The summed E-state index contributed by atoms with van der Waals surface area (Å²) in [6.07, 6.45) is 2.88. The lowest BCUT2D eigenvalue weighted by Gasteiger charge is -2.12. The Balaban J connectivity index is 3.39. The summed E-state index contributed by atoms with van der Waals surface area (Å²) < 4.78 is 31.4. The van der Waals surface area contributed by atoms with Crippen molar-refractivity contribution < 1.29 is 13.2 Å². The van der Waals surface area contributed by atoms with Gasteiger partial charge in [0.25, 0.3) is 10.2 Å². The van der Waals surface area contributed by atoms with E-state index in [2.05, 4.69) is 11.6 Å². The molecule has 0 unspecified atom stereocenters. The van der Waals surface area contributed by atoms with Crippen LogP contribution in [0.15, 0.2) is 0 Å². The molecule has 0 aromatic rings. The van der Waals surface area contributed by atoms with Crippen LogP contribution in [0, 0.1) is 0 Å². The maximum atomic E-state index is 11.2. The maximum Gasteiger partial charge on any atom is 0.278 e. The summed E-state index contributed by atoms with van der Waals surface area (Å²) in [5.74, 6) is 0. The van der Waals surface area contributed by atoms with Crippen LogP contribution in [0.5, 0.6) is 0 Å². The molecule has 0 aromatic heterocycles. The van der Waals surface area contributed by atoms with E-state index in [9.17, 15) is 8.42 Å². The summed E-state index contributed by atoms with van der Waals surface area (Å²) in [7, 11) is -0.268. The van der Waals surface area contributed by atoms with Gasteiger partial charge in [0.05, 0.1) is 0 Å². The minimum atomic E-state index is -3.27. The van der Waals surface area contributed by atoms with E-state index in [0.29, 0.717) is 19.6 Å². The maximum absolute atomic E-state index is 11.2. The second-order valence-electron chi connectivity index (χ2n) is 3.50. The van der Waals surface area contributed by atoms with E-state index in [1.54, 1.807) is 0 Å². The first kappa shape index (κ1) is 14.8. The van der Waals surface area contributed by atoms with E-state index in [1.165, 1.54) is 14.1 Å². The Kier molecular flexibility index (Phi) is 7.95. The van der Waals surface area contributed by atoms with Crippen LogP contribution in [-0.4, -0.2) is 46.6 Å². The molecule has 0 aromatic carbocycles. The molecule has 92 valence electrons. The van der Waals surface area contributed by atoms with Crippen molar-refractivity contribution in [1.29, 1.82) is 0 Å². The summed E-state index contributed by atoms with van der Waals surface area (Å²) >= 11 is 0. The average Bonchev–Trinajstić information content (AvgIpc) is 2.16. The molecule has 0 amide bonds. The number of nitrogens with zero attached hydrogens (tertiary/aromatic N) is 1. The molecule has 0 saturated carbocycles. The van der Waals surface area contributed by atoms with Crippen molar-refractivity contribution in [2.45, 2.75) is 26.2 Å². The Morgan fingerprint density at radius 1 is 1.20 bits per heavy atom. The fourth-order valence-corrected chi connectivity index (χ4v) is 1.51. The molecule has 0 aliphatic rings. The van der Waals surface area contributed by atoms with Crippen LogP contribution in [0.1, 0.15) is 26.2 Å². The first-order chi connectivity index (χ1) is 7.00. The van der Waals surface area contributed by atoms with Crippen molar-refractivity contribution in [3.63, 3.8) is 0 Å². The van der Waals surface area contributed by atoms with Gasteiger partial charge in [-0.25, -0.2) is 4.72 Å². The third-order valence-electron chi connectivity index (χ3n) is 1.87. The molecule has 0 radical (unpaired) electrons. The predicted octanol–water partition coefficient (Wildman–Crippen LogP) is 0.589. The Bertz CT molecular complexity index is 240.